The molecule has 0 unspecified atom stereocenters. The van der Waals surface area contributed by atoms with E-state index < -0.39 is 30.6 Å². The fourth-order valence-corrected chi connectivity index (χ4v) is 3.20. The van der Waals surface area contributed by atoms with Gasteiger partial charge in [0.15, 0.2) is 11.5 Å². The minimum Gasteiger partial charge on any atom is -0.444 e. The smallest absolute Gasteiger partial charge is 0.228 e. The molecule has 0 saturated carbocycles. The van der Waals surface area contributed by atoms with Gasteiger partial charge < -0.3 is 25.1 Å². The van der Waals surface area contributed by atoms with Crippen LogP contribution in [0.1, 0.15) is 18.7 Å². The summed E-state index contributed by atoms with van der Waals surface area (Å²) in [4.78, 5) is 8.04. The molecule has 0 aromatic carbocycles. The molecule has 4 rings (SSSR count). The number of hydrogen-bond acceptors (Lipinski definition) is 8. The highest BCUT2D eigenvalue weighted by molar-refractivity contribution is 5.85. The van der Waals surface area contributed by atoms with Gasteiger partial charge in [0.05, 0.1) is 24.1 Å². The number of nitrogens with zero attached hydrogens (tertiary/aromatic N) is 4. The number of alkyl halides is 1. The van der Waals surface area contributed by atoms with E-state index in [0.717, 1.165) is 0 Å². The molecule has 0 bridgehead atoms. The number of rotatable bonds is 3. The average molecular weight is 349 g/mol. The first kappa shape index (κ1) is 15.9. The minimum absolute atomic E-state index is 0.160. The van der Waals surface area contributed by atoms with Crippen LogP contribution in [-0.4, -0.2) is 54.3 Å². The Labute approximate surface area is 140 Å². The van der Waals surface area contributed by atoms with E-state index in [0.29, 0.717) is 16.8 Å². The lowest BCUT2D eigenvalue weighted by Crippen LogP contribution is -2.39. The number of oxazole rings is 1. The van der Waals surface area contributed by atoms with Crippen molar-refractivity contribution in [2.45, 2.75) is 30.9 Å². The highest BCUT2D eigenvalue weighted by Gasteiger charge is 2.55. The van der Waals surface area contributed by atoms with Crippen LogP contribution in [0.25, 0.3) is 17.0 Å². The normalized spacial score (nSPS) is 29.5. The number of anilines is 1. The van der Waals surface area contributed by atoms with Crippen LogP contribution in [0.4, 0.5) is 10.2 Å². The minimum atomic E-state index is -2.14. The number of ether oxygens (including phenoxy) is 1. The molecule has 0 spiro atoms. The summed E-state index contributed by atoms with van der Waals surface area (Å²) >= 11 is 0. The van der Waals surface area contributed by atoms with Crippen LogP contribution in [-0.2, 0) is 4.74 Å². The van der Waals surface area contributed by atoms with E-state index in [9.17, 15) is 10.2 Å². The molecule has 1 fully saturated rings. The Balaban J connectivity index is 1.93. The third kappa shape index (κ3) is 2.22. The highest BCUT2D eigenvalue weighted by Crippen LogP contribution is 2.46. The number of halogens is 1. The van der Waals surface area contributed by atoms with Gasteiger partial charge in [-0.1, -0.05) is 0 Å². The number of hydrogen-bond donors (Lipinski definition) is 3. The first-order valence-electron chi connectivity index (χ1n) is 7.60. The Morgan fingerprint density at radius 2 is 2.24 bits per heavy atom. The zero-order valence-corrected chi connectivity index (χ0v) is 13.2. The third-order valence-electron chi connectivity index (χ3n) is 4.48. The van der Waals surface area contributed by atoms with Crippen LogP contribution in [0.5, 0.6) is 0 Å². The summed E-state index contributed by atoms with van der Waals surface area (Å²) in [6, 6.07) is 1.58. The van der Waals surface area contributed by atoms with Gasteiger partial charge in [-0.15, -0.1) is 0 Å². The van der Waals surface area contributed by atoms with E-state index in [1.54, 1.807) is 6.07 Å². The second-order valence-corrected chi connectivity index (χ2v) is 6.06. The van der Waals surface area contributed by atoms with E-state index in [4.69, 9.17) is 14.9 Å². The lowest BCUT2D eigenvalue weighted by Gasteiger charge is -2.23. The van der Waals surface area contributed by atoms with Gasteiger partial charge in [0.2, 0.25) is 5.89 Å². The van der Waals surface area contributed by atoms with Crippen molar-refractivity contribution in [1.29, 1.82) is 0 Å². The summed E-state index contributed by atoms with van der Waals surface area (Å²) in [7, 11) is 0. The molecule has 1 aliphatic rings. The van der Waals surface area contributed by atoms with Crippen molar-refractivity contribution in [2.75, 3.05) is 12.3 Å². The van der Waals surface area contributed by atoms with Crippen molar-refractivity contribution in [3.05, 3.63) is 30.5 Å². The predicted octanol–water partition coefficient (Wildman–Crippen LogP) is 0.488. The number of nitrogens with two attached hydrogens (primary N) is 1. The van der Waals surface area contributed by atoms with Gasteiger partial charge in [-0.3, -0.25) is 0 Å². The summed E-state index contributed by atoms with van der Waals surface area (Å²) in [5, 5.41) is 23.5. The molecule has 9 nitrogen and oxygen atoms in total. The maximum absolute atomic E-state index is 15.2. The predicted molar refractivity (Wildman–Crippen MR) is 83.1 cm³/mol. The van der Waals surface area contributed by atoms with E-state index in [2.05, 4.69) is 15.1 Å². The molecule has 0 aliphatic carbocycles. The summed E-state index contributed by atoms with van der Waals surface area (Å²) in [6.07, 6.45) is 0.387. The van der Waals surface area contributed by atoms with Crippen molar-refractivity contribution in [2.24, 2.45) is 0 Å². The Morgan fingerprint density at radius 1 is 1.44 bits per heavy atom. The molecule has 10 heteroatoms. The van der Waals surface area contributed by atoms with Crippen molar-refractivity contribution < 1.29 is 23.8 Å². The maximum atomic E-state index is 15.2. The molecule has 3 aromatic rings. The Morgan fingerprint density at radius 3 is 2.88 bits per heavy atom. The zero-order chi connectivity index (χ0) is 17.8. The second-order valence-electron chi connectivity index (χ2n) is 6.06. The lowest BCUT2D eigenvalue weighted by atomic mass is 9.93. The van der Waals surface area contributed by atoms with Crippen molar-refractivity contribution in [1.82, 2.24) is 19.6 Å². The first-order chi connectivity index (χ1) is 11.9. The van der Waals surface area contributed by atoms with Gasteiger partial charge in [-0.05, 0) is 13.0 Å². The number of fused-ring (bicyclic) bond motifs is 1. The van der Waals surface area contributed by atoms with Crippen LogP contribution in [0.15, 0.2) is 29.3 Å². The molecule has 4 heterocycles. The summed E-state index contributed by atoms with van der Waals surface area (Å²) in [5.41, 5.74) is 4.98. The maximum Gasteiger partial charge on any atom is 0.228 e. The molecule has 25 heavy (non-hydrogen) atoms. The Bertz CT molecular complexity index is 910. The monoisotopic (exact) mass is 349 g/mol. The van der Waals surface area contributed by atoms with Crippen LogP contribution < -0.4 is 5.73 Å². The lowest BCUT2D eigenvalue weighted by molar-refractivity contribution is -0.0248. The summed E-state index contributed by atoms with van der Waals surface area (Å²) in [6.45, 7) is 0.705. The molecule has 132 valence electrons. The highest BCUT2D eigenvalue weighted by atomic mass is 19.1. The number of nitrogen functional groups attached to an aromatic ring is 1. The molecule has 1 saturated heterocycles. The van der Waals surface area contributed by atoms with E-state index in [1.807, 2.05) is 0 Å². The molecule has 4 atom stereocenters. The van der Waals surface area contributed by atoms with E-state index in [1.165, 1.54) is 30.2 Å². The average Bonchev–Trinajstić information content (AvgIpc) is 3.27. The number of aromatic nitrogens is 4. The molecular formula is C15H16FN5O4. The Hall–Kier alpha value is -2.56. The van der Waals surface area contributed by atoms with Crippen LogP contribution in [0.2, 0.25) is 0 Å². The third-order valence-corrected chi connectivity index (χ3v) is 4.48. The standard InChI is InChI=1S/C15H16FN5O4/c1-15(16)11(23)9(5-22)25-12(15)8-4-7(14-18-2-3-24-14)10-13(17)19-6-20-21(8)10/h2-4,6,9,11-12,22-23H,5H2,1H3,(H2,17,19,20)/t9-,11-,12+,15-/m1/s1. The van der Waals surface area contributed by atoms with Gasteiger partial charge in [0.25, 0.3) is 0 Å². The molecule has 0 amide bonds. The molecule has 1 aliphatic heterocycles. The molecule has 3 aromatic heterocycles. The zero-order valence-electron chi connectivity index (χ0n) is 13.2. The van der Waals surface area contributed by atoms with Crippen molar-refractivity contribution in [3.63, 3.8) is 0 Å². The SMILES string of the molecule is C[C@@]1(F)[C@H](O)[C@@H](CO)O[C@H]1c1cc(-c2ncco2)c2c(N)ncnn12. The summed E-state index contributed by atoms with van der Waals surface area (Å²) < 4.78 is 27.4. The van der Waals surface area contributed by atoms with Crippen LogP contribution in [0, 0.1) is 0 Å². The van der Waals surface area contributed by atoms with Gasteiger partial charge >= 0.3 is 0 Å². The van der Waals surface area contributed by atoms with Crippen molar-refractivity contribution >= 4 is 11.3 Å². The van der Waals surface area contributed by atoms with Crippen molar-refractivity contribution in [3.8, 4) is 11.5 Å². The van der Waals surface area contributed by atoms with E-state index >= 15 is 4.39 Å². The van der Waals surface area contributed by atoms with Crippen LogP contribution in [0.3, 0.4) is 0 Å². The fourth-order valence-electron chi connectivity index (χ4n) is 3.20. The van der Waals surface area contributed by atoms with Gasteiger partial charge in [-0.2, -0.15) is 5.10 Å². The van der Waals surface area contributed by atoms with E-state index in [-0.39, 0.29) is 11.7 Å². The number of aliphatic hydroxyl groups is 2. The van der Waals surface area contributed by atoms with Gasteiger partial charge in [0.1, 0.15) is 36.4 Å². The summed E-state index contributed by atoms with van der Waals surface area (Å²) in [5.74, 6) is 0.426. The first-order valence-corrected chi connectivity index (χ1v) is 7.60. The van der Waals surface area contributed by atoms with Gasteiger partial charge in [0, 0.05) is 0 Å². The second kappa shape index (κ2) is 5.48. The Kier molecular flexibility index (Phi) is 3.49. The molecule has 0 radical (unpaired) electrons. The topological polar surface area (TPSA) is 132 Å². The van der Waals surface area contributed by atoms with Gasteiger partial charge in [-0.25, -0.2) is 18.9 Å². The molecule has 4 N–H and O–H groups in total. The fraction of sp³-hybridized carbons (Fsp3) is 0.400. The largest absolute Gasteiger partial charge is 0.444 e. The van der Waals surface area contributed by atoms with Crippen LogP contribution >= 0.6 is 0 Å². The quantitative estimate of drug-likeness (QED) is 0.622. The molecular weight excluding hydrogens is 333 g/mol. The number of aliphatic hydroxyl groups excluding tert-OH is 2.